The Morgan fingerprint density at radius 1 is 1.06 bits per heavy atom. The predicted molar refractivity (Wildman–Crippen MR) is 189 cm³/mol. The zero-order valence-electron chi connectivity index (χ0n) is 28.5. The molecule has 5 atom stereocenters. The molecule has 0 bridgehead atoms. The summed E-state index contributed by atoms with van der Waals surface area (Å²) in [5.41, 5.74) is 1.34. The predicted octanol–water partition coefficient (Wildman–Crippen LogP) is 4.72. The first-order valence-corrected chi connectivity index (χ1v) is 20.2. The minimum atomic E-state index is -3.06. The van der Waals surface area contributed by atoms with Crippen molar-refractivity contribution >= 4 is 55.0 Å². The Morgan fingerprint density at radius 2 is 1.78 bits per heavy atom. The Kier molecular flexibility index (Phi) is 9.95. The molecule has 3 aliphatic rings. The first-order chi connectivity index (χ1) is 23.7. The molecule has 3 aliphatic heterocycles. The van der Waals surface area contributed by atoms with E-state index in [-0.39, 0.29) is 50.3 Å². The number of esters is 1. The smallest absolute Gasteiger partial charge is 0.304 e. The Bertz CT molecular complexity index is 1800. The third kappa shape index (κ3) is 6.58. The number of benzene rings is 3. The van der Waals surface area contributed by atoms with Crippen molar-refractivity contribution in [1.29, 1.82) is 0 Å². The second-order valence-corrected chi connectivity index (χ2v) is 18.3. The van der Waals surface area contributed by atoms with E-state index in [2.05, 4.69) is 0 Å². The number of anilines is 2. The van der Waals surface area contributed by atoms with Crippen LogP contribution in [0.2, 0.25) is 23.7 Å². The summed E-state index contributed by atoms with van der Waals surface area (Å²) >= 11 is 6.55. The minimum Gasteiger partial charge on any atom is -0.441 e. The molecular weight excluding hydrogens is 678 g/mol. The van der Waals surface area contributed by atoms with Crippen LogP contribution in [0.25, 0.3) is 0 Å². The van der Waals surface area contributed by atoms with E-state index in [0.717, 1.165) is 11.1 Å². The summed E-state index contributed by atoms with van der Waals surface area (Å²) in [7, 11) is -3.06. The monoisotopic (exact) mass is 719 g/mol. The third-order valence-electron chi connectivity index (χ3n) is 10.00. The maximum Gasteiger partial charge on any atom is 0.304 e. The highest BCUT2D eigenvalue weighted by Crippen LogP contribution is 2.60. The van der Waals surface area contributed by atoms with Crippen molar-refractivity contribution in [2.75, 3.05) is 23.0 Å². The van der Waals surface area contributed by atoms with Gasteiger partial charge in [0.2, 0.25) is 11.8 Å². The zero-order valence-corrected chi connectivity index (χ0v) is 30.3. The van der Waals surface area contributed by atoms with Crippen molar-refractivity contribution in [1.82, 2.24) is 4.90 Å². The van der Waals surface area contributed by atoms with Gasteiger partial charge >= 0.3 is 5.97 Å². The lowest BCUT2D eigenvalue weighted by molar-refractivity contribution is -0.154. The number of β-lactam (4-membered cyclic amide) rings is 1. The Balaban J connectivity index is 1.32. The number of ether oxygens (including phenoxy) is 2. The standard InChI is InChI=1S/C37H42ClN3O8Si/c1-23-35(50(3,4)47)31(19-32(44)39(15-16-42)21-25-9-6-5-7-10-25)49-37(23)29-18-27(38)13-14-30(29)40(36(37)46)22-26-11-8-12-28(17-26)41-33(45)20-34(41)48-24(2)43/h5-14,17-18,23,31,34-35,42,47H,15-16,19-22H2,1-4H3/t23-,31+,34?,35-,37+/m0/s1. The van der Waals surface area contributed by atoms with E-state index in [1.165, 1.54) is 11.8 Å². The summed E-state index contributed by atoms with van der Waals surface area (Å²) in [5.74, 6) is -1.76. The van der Waals surface area contributed by atoms with Gasteiger partial charge in [-0.1, -0.05) is 61.0 Å². The lowest BCUT2D eigenvalue weighted by Gasteiger charge is -2.39. The maximum atomic E-state index is 14.8. The average Bonchev–Trinajstić information content (AvgIpc) is 3.47. The number of halogens is 1. The molecule has 2 saturated heterocycles. The number of hydrogen-bond acceptors (Lipinski definition) is 8. The summed E-state index contributed by atoms with van der Waals surface area (Å²) in [6.07, 6.45) is -1.46. The number of carbonyl (C=O) groups is 4. The van der Waals surface area contributed by atoms with Crippen molar-refractivity contribution in [2.45, 2.75) is 76.3 Å². The molecule has 3 heterocycles. The highest BCUT2D eigenvalue weighted by atomic mass is 35.5. The lowest BCUT2D eigenvalue weighted by atomic mass is 9.82. The second-order valence-electron chi connectivity index (χ2n) is 13.8. The maximum absolute atomic E-state index is 14.8. The minimum absolute atomic E-state index is 0.0842. The first-order valence-electron chi connectivity index (χ1n) is 16.8. The van der Waals surface area contributed by atoms with E-state index >= 15 is 0 Å². The molecule has 13 heteroatoms. The Hall–Kier alpha value is -4.07. The summed E-state index contributed by atoms with van der Waals surface area (Å²) in [6, 6.07) is 21.9. The molecule has 2 fully saturated rings. The van der Waals surface area contributed by atoms with Gasteiger partial charge in [-0.3, -0.25) is 24.1 Å². The number of aliphatic hydroxyl groups is 1. The van der Waals surface area contributed by atoms with Crippen LogP contribution >= 0.6 is 11.6 Å². The number of fused-ring (bicyclic) bond motifs is 2. The van der Waals surface area contributed by atoms with Gasteiger partial charge in [-0.15, -0.1) is 0 Å². The Morgan fingerprint density at radius 3 is 2.44 bits per heavy atom. The van der Waals surface area contributed by atoms with E-state index < -0.39 is 43.7 Å². The fourth-order valence-corrected chi connectivity index (χ4v) is 10.6. The number of nitrogens with zero attached hydrogens (tertiary/aromatic N) is 3. The van der Waals surface area contributed by atoms with Crippen LogP contribution in [0.1, 0.15) is 43.4 Å². The molecule has 3 aromatic rings. The van der Waals surface area contributed by atoms with Crippen molar-refractivity contribution in [3.63, 3.8) is 0 Å². The topological polar surface area (TPSA) is 137 Å². The molecule has 264 valence electrons. The van der Waals surface area contributed by atoms with Gasteiger partial charge in [0.1, 0.15) is 0 Å². The molecule has 0 aliphatic carbocycles. The van der Waals surface area contributed by atoms with Gasteiger partial charge < -0.3 is 29.2 Å². The van der Waals surface area contributed by atoms with E-state index in [1.807, 2.05) is 43.3 Å². The zero-order chi connectivity index (χ0) is 36.0. The number of hydrogen-bond donors (Lipinski definition) is 2. The summed E-state index contributed by atoms with van der Waals surface area (Å²) < 4.78 is 12.1. The number of aliphatic hydroxyl groups excluding tert-OH is 1. The van der Waals surface area contributed by atoms with Crippen molar-refractivity contribution < 1.29 is 38.6 Å². The van der Waals surface area contributed by atoms with Gasteiger partial charge in [-0.05, 0) is 54.6 Å². The molecule has 6 rings (SSSR count). The van der Waals surface area contributed by atoms with Gasteiger partial charge in [0, 0.05) is 47.7 Å². The normalized spacial score (nSPS) is 24.4. The highest BCUT2D eigenvalue weighted by molar-refractivity contribution is 6.71. The van der Waals surface area contributed by atoms with Gasteiger partial charge in [0.15, 0.2) is 20.1 Å². The molecule has 1 unspecified atom stereocenters. The number of carbonyl (C=O) groups excluding carboxylic acids is 4. The van der Waals surface area contributed by atoms with Crippen molar-refractivity contribution in [3.8, 4) is 0 Å². The molecule has 0 aromatic heterocycles. The second kappa shape index (κ2) is 13.9. The van der Waals surface area contributed by atoms with Gasteiger partial charge in [0.25, 0.3) is 5.91 Å². The van der Waals surface area contributed by atoms with Crippen LogP contribution in [0, 0.1) is 5.92 Å². The molecule has 50 heavy (non-hydrogen) atoms. The number of rotatable bonds is 11. The third-order valence-corrected chi connectivity index (χ3v) is 12.7. The molecular formula is C37H42ClN3O8Si. The van der Waals surface area contributed by atoms with Crippen molar-refractivity contribution in [3.05, 3.63) is 94.5 Å². The van der Waals surface area contributed by atoms with Gasteiger partial charge in [0.05, 0.1) is 37.8 Å². The molecule has 2 N–H and O–H groups in total. The fraction of sp³-hybridized carbons (Fsp3) is 0.405. The first kappa shape index (κ1) is 35.7. The molecule has 0 saturated carbocycles. The van der Waals surface area contributed by atoms with Crippen LogP contribution in [0.5, 0.6) is 0 Å². The van der Waals surface area contributed by atoms with Crippen LogP contribution in [0.3, 0.4) is 0 Å². The molecule has 0 radical (unpaired) electrons. The fourth-order valence-electron chi connectivity index (χ4n) is 7.89. The van der Waals surface area contributed by atoms with Crippen molar-refractivity contribution in [2.24, 2.45) is 5.92 Å². The van der Waals surface area contributed by atoms with Gasteiger partial charge in [-0.25, -0.2) is 0 Å². The molecule has 3 aromatic carbocycles. The Labute approximate surface area is 297 Å². The molecule has 11 nitrogen and oxygen atoms in total. The highest BCUT2D eigenvalue weighted by Gasteiger charge is 2.66. The SMILES string of the molecule is CC(=O)OC1CC(=O)N1c1cccc(CN2C(=O)[C@]3(O[C@H](CC(=O)N(CCO)Cc4ccccc4)[C@@H]([Si](C)(C)O)[C@@H]3C)c3cc(Cl)ccc32)c1. The largest absolute Gasteiger partial charge is 0.441 e. The lowest BCUT2D eigenvalue weighted by Crippen LogP contribution is -2.54. The number of amides is 3. The summed E-state index contributed by atoms with van der Waals surface area (Å²) in [5, 5.41) is 10.2. The summed E-state index contributed by atoms with van der Waals surface area (Å²) in [4.78, 5) is 69.1. The van der Waals surface area contributed by atoms with E-state index in [4.69, 9.17) is 21.1 Å². The van der Waals surface area contributed by atoms with E-state index in [9.17, 15) is 29.1 Å². The van der Waals surface area contributed by atoms with Crippen LogP contribution in [-0.4, -0.2) is 72.3 Å². The van der Waals surface area contributed by atoms with E-state index in [0.29, 0.717) is 28.5 Å². The van der Waals surface area contributed by atoms with Crippen LogP contribution in [0.15, 0.2) is 72.8 Å². The van der Waals surface area contributed by atoms with Gasteiger partial charge in [-0.2, -0.15) is 0 Å². The quantitative estimate of drug-likeness (QED) is 0.165. The average molecular weight is 720 g/mol. The van der Waals surface area contributed by atoms with Crippen LogP contribution in [-0.2, 0) is 47.3 Å². The van der Waals surface area contributed by atoms with Crippen LogP contribution < -0.4 is 9.80 Å². The molecule has 1 spiro atoms. The van der Waals surface area contributed by atoms with E-state index in [1.54, 1.807) is 59.3 Å². The summed E-state index contributed by atoms with van der Waals surface area (Å²) in [6.45, 7) is 7.13. The van der Waals surface area contributed by atoms with Crippen LogP contribution in [0.4, 0.5) is 11.4 Å². The molecule has 3 amide bonds.